The summed E-state index contributed by atoms with van der Waals surface area (Å²) in [5.74, 6) is 0.929. The number of amides is 1. The topological polar surface area (TPSA) is 41.6 Å². The molecule has 1 saturated heterocycles. The maximum atomic E-state index is 12.4. The largest absolute Gasteiger partial charge is 0.494 e. The molecule has 1 heterocycles. The maximum absolute atomic E-state index is 12.4. The molecule has 0 aliphatic carbocycles. The molecule has 0 spiro atoms. The van der Waals surface area contributed by atoms with Gasteiger partial charge in [-0.15, -0.1) is 0 Å². The molecule has 1 unspecified atom stereocenters. The van der Waals surface area contributed by atoms with Gasteiger partial charge in [-0.2, -0.15) is 0 Å². The van der Waals surface area contributed by atoms with Gasteiger partial charge in [0.25, 0.3) is 0 Å². The molecule has 1 N–H and O–H groups in total. The first-order chi connectivity index (χ1) is 12.7. The van der Waals surface area contributed by atoms with Crippen molar-refractivity contribution in [2.75, 3.05) is 25.0 Å². The van der Waals surface area contributed by atoms with Crippen LogP contribution in [0.25, 0.3) is 6.08 Å². The Morgan fingerprint density at radius 2 is 1.96 bits per heavy atom. The number of nitrogens with zero attached hydrogens (tertiary/aromatic N) is 1. The van der Waals surface area contributed by atoms with Crippen molar-refractivity contribution in [2.45, 2.75) is 25.8 Å². The van der Waals surface area contributed by atoms with Crippen LogP contribution >= 0.6 is 0 Å². The van der Waals surface area contributed by atoms with Crippen molar-refractivity contribution in [1.29, 1.82) is 0 Å². The first kappa shape index (κ1) is 18.1. The van der Waals surface area contributed by atoms with E-state index in [0.29, 0.717) is 6.04 Å². The summed E-state index contributed by atoms with van der Waals surface area (Å²) in [7, 11) is 0. The number of hydrogen-bond donors (Lipinski definition) is 1. The third kappa shape index (κ3) is 5.12. The summed E-state index contributed by atoms with van der Waals surface area (Å²) in [5, 5.41) is 3.49. The second-order valence-corrected chi connectivity index (χ2v) is 6.53. The number of ether oxygens (including phenoxy) is 1. The Kier molecular flexibility index (Phi) is 6.31. The molecule has 136 valence electrons. The number of carbonyl (C=O) groups is 1. The molecule has 1 aliphatic heterocycles. The molecule has 2 aromatic rings. The summed E-state index contributed by atoms with van der Waals surface area (Å²) in [6, 6.07) is 18.3. The van der Waals surface area contributed by atoms with Gasteiger partial charge in [-0.1, -0.05) is 37.3 Å². The van der Waals surface area contributed by atoms with Gasteiger partial charge in [0, 0.05) is 30.9 Å². The minimum atomic E-state index is 0.0636. The third-order valence-electron chi connectivity index (χ3n) is 4.42. The van der Waals surface area contributed by atoms with Gasteiger partial charge in [0.2, 0.25) is 5.91 Å². The third-order valence-corrected chi connectivity index (χ3v) is 4.42. The van der Waals surface area contributed by atoms with Crippen LogP contribution in [-0.2, 0) is 4.79 Å². The number of carbonyl (C=O) groups excluding carboxylic acids is 1. The minimum absolute atomic E-state index is 0.0636. The van der Waals surface area contributed by atoms with E-state index in [1.165, 1.54) is 0 Å². The molecule has 1 aliphatic rings. The average Bonchev–Trinajstić information content (AvgIpc) is 3.14. The highest BCUT2D eigenvalue weighted by Gasteiger charge is 2.24. The molecule has 1 amide bonds. The van der Waals surface area contributed by atoms with E-state index in [-0.39, 0.29) is 5.91 Å². The van der Waals surface area contributed by atoms with Gasteiger partial charge >= 0.3 is 0 Å². The Bertz CT molecular complexity index is 726. The fraction of sp³-hybridized carbons (Fsp3) is 0.318. The number of benzene rings is 2. The fourth-order valence-corrected chi connectivity index (χ4v) is 3.02. The number of anilines is 1. The van der Waals surface area contributed by atoms with E-state index >= 15 is 0 Å². The van der Waals surface area contributed by atoms with Crippen molar-refractivity contribution in [2.24, 2.45) is 0 Å². The predicted molar refractivity (Wildman–Crippen MR) is 106 cm³/mol. The summed E-state index contributed by atoms with van der Waals surface area (Å²) >= 11 is 0. The molecule has 0 bridgehead atoms. The number of para-hydroxylation sites is 1. The molecule has 1 atom stereocenters. The quantitative estimate of drug-likeness (QED) is 0.761. The van der Waals surface area contributed by atoms with Crippen molar-refractivity contribution in [3.8, 4) is 5.75 Å². The van der Waals surface area contributed by atoms with Gasteiger partial charge in [0.05, 0.1) is 6.61 Å². The Balaban J connectivity index is 1.49. The average molecular weight is 350 g/mol. The maximum Gasteiger partial charge on any atom is 0.246 e. The van der Waals surface area contributed by atoms with Gasteiger partial charge in [0.15, 0.2) is 0 Å². The number of hydrogen-bond acceptors (Lipinski definition) is 3. The van der Waals surface area contributed by atoms with Gasteiger partial charge in [-0.25, -0.2) is 0 Å². The smallest absolute Gasteiger partial charge is 0.246 e. The van der Waals surface area contributed by atoms with Crippen molar-refractivity contribution in [1.82, 2.24) is 4.90 Å². The Hall–Kier alpha value is -2.75. The zero-order chi connectivity index (χ0) is 18.2. The van der Waals surface area contributed by atoms with E-state index in [9.17, 15) is 4.79 Å². The summed E-state index contributed by atoms with van der Waals surface area (Å²) in [4.78, 5) is 14.3. The minimum Gasteiger partial charge on any atom is -0.494 e. The number of nitrogens with one attached hydrogen (secondary N) is 1. The second kappa shape index (κ2) is 9.09. The van der Waals surface area contributed by atoms with Crippen LogP contribution in [0.1, 0.15) is 25.3 Å². The normalized spacial score (nSPS) is 16.8. The standard InChI is InChI=1S/C22H26N2O2/c1-2-16-26-21-11-8-18(9-12-21)10-13-22(25)24-15-14-20(17-24)23-19-6-4-3-5-7-19/h3-13,20,23H,2,14-17H2,1H3/b13-10+. The molecule has 3 rings (SSSR count). The van der Waals surface area contributed by atoms with Crippen molar-refractivity contribution >= 4 is 17.7 Å². The van der Waals surface area contributed by atoms with E-state index in [2.05, 4.69) is 24.4 Å². The molecule has 2 aromatic carbocycles. The van der Waals surface area contributed by atoms with Crippen LogP contribution in [0, 0.1) is 0 Å². The zero-order valence-electron chi connectivity index (χ0n) is 15.2. The Labute approximate surface area is 155 Å². The number of likely N-dealkylation sites (tertiary alicyclic amines) is 1. The molecule has 0 saturated carbocycles. The van der Waals surface area contributed by atoms with E-state index in [1.54, 1.807) is 6.08 Å². The van der Waals surface area contributed by atoms with Crippen LogP contribution in [-0.4, -0.2) is 36.5 Å². The molecule has 1 fully saturated rings. The first-order valence-electron chi connectivity index (χ1n) is 9.26. The van der Waals surface area contributed by atoms with Gasteiger partial charge in [-0.05, 0) is 48.7 Å². The molecule has 4 nitrogen and oxygen atoms in total. The summed E-state index contributed by atoms with van der Waals surface area (Å²) in [6.07, 6.45) is 5.49. The monoisotopic (exact) mass is 350 g/mol. The van der Waals surface area contributed by atoms with Crippen LogP contribution in [0.4, 0.5) is 5.69 Å². The Morgan fingerprint density at radius 3 is 2.69 bits per heavy atom. The summed E-state index contributed by atoms with van der Waals surface area (Å²) in [6.45, 7) is 4.33. The zero-order valence-corrected chi connectivity index (χ0v) is 15.2. The molecular formula is C22H26N2O2. The van der Waals surface area contributed by atoms with Gasteiger partial charge in [-0.3, -0.25) is 4.79 Å². The lowest BCUT2D eigenvalue weighted by molar-refractivity contribution is -0.124. The van der Waals surface area contributed by atoms with Crippen LogP contribution < -0.4 is 10.1 Å². The lowest BCUT2D eigenvalue weighted by Crippen LogP contribution is -2.30. The molecule has 0 aromatic heterocycles. The molecule has 4 heteroatoms. The molecule has 26 heavy (non-hydrogen) atoms. The van der Waals surface area contributed by atoms with E-state index in [1.807, 2.05) is 53.4 Å². The highest BCUT2D eigenvalue weighted by molar-refractivity contribution is 5.92. The highest BCUT2D eigenvalue weighted by atomic mass is 16.5. The van der Waals surface area contributed by atoms with Crippen LogP contribution in [0.5, 0.6) is 5.75 Å². The van der Waals surface area contributed by atoms with Crippen molar-refractivity contribution < 1.29 is 9.53 Å². The first-order valence-corrected chi connectivity index (χ1v) is 9.26. The van der Waals surface area contributed by atoms with E-state index in [0.717, 1.165) is 49.5 Å². The summed E-state index contributed by atoms with van der Waals surface area (Å²) in [5.41, 5.74) is 2.10. The predicted octanol–water partition coefficient (Wildman–Crippen LogP) is 4.20. The second-order valence-electron chi connectivity index (χ2n) is 6.53. The highest BCUT2D eigenvalue weighted by Crippen LogP contribution is 2.17. The SMILES string of the molecule is CCCOc1ccc(/C=C/C(=O)N2CCC(Nc3ccccc3)C2)cc1. The van der Waals surface area contributed by atoms with Gasteiger partial charge in [0.1, 0.15) is 5.75 Å². The van der Waals surface area contributed by atoms with E-state index in [4.69, 9.17) is 4.74 Å². The van der Waals surface area contributed by atoms with Gasteiger partial charge < -0.3 is 15.0 Å². The van der Waals surface area contributed by atoms with Crippen LogP contribution in [0.15, 0.2) is 60.7 Å². The lowest BCUT2D eigenvalue weighted by Gasteiger charge is -2.16. The number of rotatable bonds is 7. The molecular weight excluding hydrogens is 324 g/mol. The molecule has 0 radical (unpaired) electrons. The fourth-order valence-electron chi connectivity index (χ4n) is 3.02. The summed E-state index contributed by atoms with van der Waals surface area (Å²) < 4.78 is 5.57. The van der Waals surface area contributed by atoms with Crippen molar-refractivity contribution in [3.63, 3.8) is 0 Å². The Morgan fingerprint density at radius 1 is 1.19 bits per heavy atom. The lowest BCUT2D eigenvalue weighted by atomic mass is 10.2. The van der Waals surface area contributed by atoms with Crippen LogP contribution in [0.3, 0.4) is 0 Å². The van der Waals surface area contributed by atoms with Crippen molar-refractivity contribution in [3.05, 3.63) is 66.2 Å². The van der Waals surface area contributed by atoms with E-state index < -0.39 is 0 Å². The van der Waals surface area contributed by atoms with Crippen LogP contribution in [0.2, 0.25) is 0 Å².